The Bertz CT molecular complexity index is 1180. The number of ether oxygens (including phenoxy) is 2. The number of carbonyl (C=O) groups is 1. The molecule has 0 saturated carbocycles. The van der Waals surface area contributed by atoms with Crippen LogP contribution in [0.25, 0.3) is 0 Å². The predicted octanol–water partition coefficient (Wildman–Crippen LogP) is 4.67. The summed E-state index contributed by atoms with van der Waals surface area (Å²) in [4.78, 5) is 12.5. The second-order valence-corrected chi connectivity index (χ2v) is 7.05. The first kappa shape index (κ1) is 20.3. The van der Waals surface area contributed by atoms with Crippen molar-refractivity contribution in [2.24, 2.45) is 0 Å². The minimum Gasteiger partial charge on any atom is -0.493 e. The van der Waals surface area contributed by atoms with Gasteiger partial charge in [-0.15, -0.1) is 0 Å². The van der Waals surface area contributed by atoms with Crippen LogP contribution in [0.1, 0.15) is 27.4 Å². The summed E-state index contributed by atoms with van der Waals surface area (Å²) in [7, 11) is 1.58. The van der Waals surface area contributed by atoms with Crippen LogP contribution in [0.4, 0.5) is 5.82 Å². The van der Waals surface area contributed by atoms with Crippen molar-refractivity contribution in [1.82, 2.24) is 9.78 Å². The van der Waals surface area contributed by atoms with Gasteiger partial charge in [0.1, 0.15) is 12.4 Å². The molecule has 0 radical (unpaired) electrons. The van der Waals surface area contributed by atoms with E-state index in [2.05, 4.69) is 29.5 Å². The van der Waals surface area contributed by atoms with Gasteiger partial charge < -0.3 is 19.2 Å². The minimum atomic E-state index is -0.371. The smallest absolute Gasteiger partial charge is 0.292 e. The lowest BCUT2D eigenvalue weighted by Gasteiger charge is -2.08. The van der Waals surface area contributed by atoms with Crippen LogP contribution in [0.2, 0.25) is 0 Å². The molecule has 0 bridgehead atoms. The number of para-hydroxylation sites is 2. The quantitative estimate of drug-likeness (QED) is 0.451. The van der Waals surface area contributed by atoms with E-state index in [0.29, 0.717) is 29.6 Å². The maximum Gasteiger partial charge on any atom is 0.292 e. The first-order chi connectivity index (χ1) is 15.1. The topological polar surface area (TPSA) is 78.5 Å². The number of nitrogens with one attached hydrogen (secondary N) is 1. The van der Waals surface area contributed by atoms with Crippen molar-refractivity contribution in [1.29, 1.82) is 0 Å². The lowest BCUT2D eigenvalue weighted by molar-refractivity contribution is 0.0992. The number of aromatic nitrogens is 2. The minimum absolute atomic E-state index is 0.179. The molecule has 0 unspecified atom stereocenters. The van der Waals surface area contributed by atoms with Crippen LogP contribution < -0.4 is 14.8 Å². The van der Waals surface area contributed by atoms with Crippen molar-refractivity contribution >= 4 is 11.7 Å². The third-order valence-corrected chi connectivity index (χ3v) is 4.63. The molecule has 0 aliphatic rings. The van der Waals surface area contributed by atoms with Crippen LogP contribution in [0, 0.1) is 6.92 Å². The van der Waals surface area contributed by atoms with E-state index in [4.69, 9.17) is 13.9 Å². The number of hydrogen-bond acceptors (Lipinski definition) is 5. The van der Waals surface area contributed by atoms with Crippen molar-refractivity contribution in [3.63, 3.8) is 0 Å². The summed E-state index contributed by atoms with van der Waals surface area (Å²) in [5, 5.41) is 7.16. The normalized spacial score (nSPS) is 10.6. The van der Waals surface area contributed by atoms with Crippen LogP contribution >= 0.6 is 0 Å². The van der Waals surface area contributed by atoms with E-state index in [-0.39, 0.29) is 18.3 Å². The molecule has 4 rings (SSSR count). The predicted molar refractivity (Wildman–Crippen MR) is 116 cm³/mol. The molecule has 0 aliphatic heterocycles. The largest absolute Gasteiger partial charge is 0.493 e. The highest BCUT2D eigenvalue weighted by molar-refractivity contribution is 6.01. The van der Waals surface area contributed by atoms with Crippen LogP contribution in [-0.4, -0.2) is 22.8 Å². The summed E-state index contributed by atoms with van der Waals surface area (Å²) in [5.74, 6) is 2.04. The van der Waals surface area contributed by atoms with Crippen molar-refractivity contribution in [3.8, 4) is 11.5 Å². The Hall–Kier alpha value is -4.00. The number of rotatable bonds is 8. The maximum absolute atomic E-state index is 12.5. The molecule has 2 aromatic heterocycles. The highest BCUT2D eigenvalue weighted by atomic mass is 16.5. The summed E-state index contributed by atoms with van der Waals surface area (Å²) in [6.07, 6.45) is 1.83. The number of benzene rings is 2. The van der Waals surface area contributed by atoms with Gasteiger partial charge in [0.15, 0.2) is 23.1 Å². The summed E-state index contributed by atoms with van der Waals surface area (Å²) < 4.78 is 18.4. The molecule has 2 heterocycles. The number of methoxy groups -OCH3 is 1. The standard InChI is InChI=1S/C24H23N3O4/c1-17-6-5-7-18(14-17)15-27-13-12-23(26-27)25-24(28)22-11-10-19(31-22)16-30-21-9-4-3-8-20(21)29-2/h3-14H,15-16H2,1-2H3,(H,25,26,28). The third-order valence-electron chi connectivity index (χ3n) is 4.63. The van der Waals surface area contributed by atoms with E-state index in [1.807, 2.05) is 42.6 Å². The number of hydrogen-bond donors (Lipinski definition) is 1. The Kier molecular flexibility index (Phi) is 6.03. The van der Waals surface area contributed by atoms with E-state index in [0.717, 1.165) is 5.56 Å². The zero-order valence-electron chi connectivity index (χ0n) is 17.4. The fourth-order valence-corrected chi connectivity index (χ4v) is 3.16. The number of nitrogens with zero attached hydrogens (tertiary/aromatic N) is 2. The number of aryl methyl sites for hydroxylation is 1. The highest BCUT2D eigenvalue weighted by Crippen LogP contribution is 2.26. The van der Waals surface area contributed by atoms with Gasteiger partial charge in [-0.3, -0.25) is 9.48 Å². The molecule has 1 N–H and O–H groups in total. The lowest BCUT2D eigenvalue weighted by atomic mass is 10.1. The fraction of sp³-hybridized carbons (Fsp3) is 0.167. The number of furan rings is 1. The van der Waals surface area contributed by atoms with Gasteiger partial charge in [-0.05, 0) is 36.8 Å². The molecular weight excluding hydrogens is 394 g/mol. The van der Waals surface area contributed by atoms with Crippen molar-refractivity contribution in [2.45, 2.75) is 20.1 Å². The summed E-state index contributed by atoms with van der Waals surface area (Å²) in [5.41, 5.74) is 2.34. The van der Waals surface area contributed by atoms with Gasteiger partial charge in [-0.2, -0.15) is 5.10 Å². The molecule has 1 amide bonds. The second kappa shape index (κ2) is 9.21. The number of amides is 1. The molecule has 158 valence electrons. The fourth-order valence-electron chi connectivity index (χ4n) is 3.16. The van der Waals surface area contributed by atoms with Gasteiger partial charge >= 0.3 is 0 Å². The Morgan fingerprint density at radius 1 is 1.06 bits per heavy atom. The first-order valence-electron chi connectivity index (χ1n) is 9.85. The Labute approximate surface area is 180 Å². The number of anilines is 1. The van der Waals surface area contributed by atoms with E-state index < -0.39 is 0 Å². The molecule has 2 aromatic carbocycles. The number of carbonyl (C=O) groups excluding carboxylic acids is 1. The zero-order chi connectivity index (χ0) is 21.6. The highest BCUT2D eigenvalue weighted by Gasteiger charge is 2.14. The molecule has 7 heteroatoms. The Balaban J connectivity index is 1.34. The Morgan fingerprint density at radius 2 is 1.90 bits per heavy atom. The van der Waals surface area contributed by atoms with Crippen molar-refractivity contribution < 1.29 is 18.7 Å². The molecule has 0 fully saturated rings. The SMILES string of the molecule is COc1ccccc1OCc1ccc(C(=O)Nc2ccn(Cc3cccc(C)c3)n2)o1. The molecular formula is C24H23N3O4. The van der Waals surface area contributed by atoms with Gasteiger partial charge in [0.05, 0.1) is 13.7 Å². The average Bonchev–Trinajstić information content (AvgIpc) is 3.42. The zero-order valence-corrected chi connectivity index (χ0v) is 17.4. The maximum atomic E-state index is 12.5. The summed E-state index contributed by atoms with van der Waals surface area (Å²) >= 11 is 0. The van der Waals surface area contributed by atoms with Crippen LogP contribution in [0.3, 0.4) is 0 Å². The lowest BCUT2D eigenvalue weighted by Crippen LogP contribution is -2.12. The summed E-state index contributed by atoms with van der Waals surface area (Å²) in [6.45, 7) is 2.86. The summed E-state index contributed by atoms with van der Waals surface area (Å²) in [6, 6.07) is 20.6. The van der Waals surface area contributed by atoms with Gasteiger partial charge in [0.25, 0.3) is 5.91 Å². The van der Waals surface area contributed by atoms with E-state index in [1.165, 1.54) is 5.56 Å². The Morgan fingerprint density at radius 3 is 2.71 bits per heavy atom. The van der Waals surface area contributed by atoms with Crippen LogP contribution in [0.15, 0.2) is 77.3 Å². The van der Waals surface area contributed by atoms with Crippen molar-refractivity contribution in [2.75, 3.05) is 12.4 Å². The van der Waals surface area contributed by atoms with Gasteiger partial charge in [-0.1, -0.05) is 42.0 Å². The van der Waals surface area contributed by atoms with Crippen LogP contribution in [-0.2, 0) is 13.2 Å². The van der Waals surface area contributed by atoms with E-state index in [1.54, 1.807) is 30.0 Å². The molecule has 4 aromatic rings. The average molecular weight is 417 g/mol. The van der Waals surface area contributed by atoms with Gasteiger partial charge in [-0.25, -0.2) is 0 Å². The van der Waals surface area contributed by atoms with E-state index >= 15 is 0 Å². The molecule has 0 aliphatic carbocycles. The van der Waals surface area contributed by atoms with Gasteiger partial charge in [0.2, 0.25) is 0 Å². The third kappa shape index (κ3) is 5.14. The molecule has 7 nitrogen and oxygen atoms in total. The molecule has 31 heavy (non-hydrogen) atoms. The van der Waals surface area contributed by atoms with Crippen LogP contribution in [0.5, 0.6) is 11.5 Å². The van der Waals surface area contributed by atoms with Crippen molar-refractivity contribution in [3.05, 3.63) is 95.6 Å². The molecule has 0 saturated heterocycles. The second-order valence-electron chi connectivity index (χ2n) is 7.05. The molecule has 0 atom stereocenters. The monoisotopic (exact) mass is 417 g/mol. The molecule has 0 spiro atoms. The van der Waals surface area contributed by atoms with E-state index in [9.17, 15) is 4.79 Å². The first-order valence-corrected chi connectivity index (χ1v) is 9.85. The van der Waals surface area contributed by atoms with Gasteiger partial charge in [0, 0.05) is 12.3 Å².